The van der Waals surface area contributed by atoms with Crippen LogP contribution in [0.15, 0.2) is 39.6 Å². The Hall–Kier alpha value is -2.32. The van der Waals surface area contributed by atoms with Crippen LogP contribution in [0.4, 0.5) is 5.69 Å². The zero-order valence-electron chi connectivity index (χ0n) is 13.0. The quantitative estimate of drug-likeness (QED) is 0.833. The average molecular weight is 338 g/mol. The molecule has 0 aliphatic carbocycles. The van der Waals surface area contributed by atoms with Crippen LogP contribution in [0.3, 0.4) is 0 Å². The van der Waals surface area contributed by atoms with E-state index in [1.54, 1.807) is 23.1 Å². The van der Waals surface area contributed by atoms with Crippen molar-refractivity contribution in [3.63, 3.8) is 0 Å². The van der Waals surface area contributed by atoms with Gasteiger partial charge in [-0.1, -0.05) is 6.07 Å². The molecule has 0 bridgehead atoms. The second-order valence-corrected chi connectivity index (χ2v) is 6.97. The first-order valence-electron chi connectivity index (χ1n) is 6.80. The zero-order valence-corrected chi connectivity index (χ0v) is 13.8. The van der Waals surface area contributed by atoms with Gasteiger partial charge >= 0.3 is 5.97 Å². The molecule has 23 heavy (non-hydrogen) atoms. The molecule has 1 aromatic carbocycles. The van der Waals surface area contributed by atoms with E-state index in [2.05, 4.69) is 4.72 Å². The van der Waals surface area contributed by atoms with Crippen LogP contribution in [0, 0.1) is 6.92 Å². The molecular weight excluding hydrogens is 320 g/mol. The molecule has 0 fully saturated rings. The minimum absolute atomic E-state index is 0.0220. The van der Waals surface area contributed by atoms with E-state index in [-0.39, 0.29) is 28.5 Å². The molecule has 0 aliphatic rings. The molecule has 0 aliphatic heterocycles. The fraction of sp³-hybridized carbons (Fsp3) is 0.267. The molecule has 0 unspecified atom stereocenters. The summed E-state index contributed by atoms with van der Waals surface area (Å²) < 4.78 is 32.3. The molecule has 2 N–H and O–H groups in total. The molecule has 2 aromatic rings. The average Bonchev–Trinajstić information content (AvgIpc) is 2.87. The molecule has 0 saturated heterocycles. The lowest BCUT2D eigenvalue weighted by Gasteiger charge is -2.13. The third kappa shape index (κ3) is 3.91. The van der Waals surface area contributed by atoms with Crippen LogP contribution in [0.2, 0.25) is 0 Å². The van der Waals surface area contributed by atoms with Gasteiger partial charge < -0.3 is 14.4 Å². The first-order valence-corrected chi connectivity index (χ1v) is 8.28. The van der Waals surface area contributed by atoms with Gasteiger partial charge in [0.05, 0.1) is 11.4 Å². The van der Waals surface area contributed by atoms with Crippen molar-refractivity contribution in [1.29, 1.82) is 0 Å². The highest BCUT2D eigenvalue weighted by molar-refractivity contribution is 7.89. The van der Waals surface area contributed by atoms with E-state index in [0.29, 0.717) is 0 Å². The molecule has 0 saturated carbocycles. The lowest BCUT2D eigenvalue weighted by atomic mass is 10.2. The Kier molecular flexibility index (Phi) is 4.76. The minimum atomic E-state index is -3.72. The fourth-order valence-corrected chi connectivity index (χ4v) is 3.05. The number of hydrogen-bond donors (Lipinski definition) is 2. The summed E-state index contributed by atoms with van der Waals surface area (Å²) in [6, 6.07) is 7.82. The highest BCUT2D eigenvalue weighted by atomic mass is 32.2. The number of aryl methyl sites for hydroxylation is 1. The summed E-state index contributed by atoms with van der Waals surface area (Å²) in [6.45, 7) is 1.39. The van der Waals surface area contributed by atoms with Gasteiger partial charge in [0, 0.05) is 19.8 Å². The molecule has 1 aromatic heterocycles. The summed E-state index contributed by atoms with van der Waals surface area (Å²) in [5.41, 5.74) is 0.781. The summed E-state index contributed by atoms with van der Waals surface area (Å²) in [5, 5.41) is 8.96. The highest BCUT2D eigenvalue weighted by Gasteiger charge is 2.18. The molecule has 0 amide bonds. The van der Waals surface area contributed by atoms with Crippen molar-refractivity contribution in [2.45, 2.75) is 18.4 Å². The highest BCUT2D eigenvalue weighted by Crippen LogP contribution is 2.19. The minimum Gasteiger partial charge on any atom is -0.478 e. The third-order valence-electron chi connectivity index (χ3n) is 3.28. The van der Waals surface area contributed by atoms with Crippen LogP contribution in [0.5, 0.6) is 0 Å². The summed E-state index contributed by atoms with van der Waals surface area (Å²) in [6.07, 6.45) is 0. The molecule has 1 heterocycles. The number of anilines is 1. The van der Waals surface area contributed by atoms with Crippen molar-refractivity contribution in [2.75, 3.05) is 19.0 Å². The van der Waals surface area contributed by atoms with Crippen molar-refractivity contribution in [1.82, 2.24) is 4.72 Å². The first-order chi connectivity index (χ1) is 10.7. The van der Waals surface area contributed by atoms with Crippen molar-refractivity contribution < 1.29 is 22.7 Å². The van der Waals surface area contributed by atoms with Crippen molar-refractivity contribution in [2.24, 2.45) is 0 Å². The zero-order chi connectivity index (χ0) is 17.2. The van der Waals surface area contributed by atoms with Crippen LogP contribution in [-0.4, -0.2) is 33.6 Å². The Morgan fingerprint density at radius 2 is 2.00 bits per heavy atom. The Morgan fingerprint density at radius 1 is 1.30 bits per heavy atom. The largest absolute Gasteiger partial charge is 0.478 e. The van der Waals surface area contributed by atoms with Gasteiger partial charge in [-0.2, -0.15) is 0 Å². The van der Waals surface area contributed by atoms with Gasteiger partial charge in [-0.3, -0.25) is 0 Å². The van der Waals surface area contributed by atoms with E-state index in [9.17, 15) is 13.2 Å². The number of hydrogen-bond acceptors (Lipinski definition) is 5. The maximum Gasteiger partial charge on any atom is 0.339 e. The summed E-state index contributed by atoms with van der Waals surface area (Å²) in [4.78, 5) is 12.9. The number of carbonyl (C=O) groups is 1. The lowest BCUT2D eigenvalue weighted by molar-refractivity contribution is 0.0695. The molecule has 2 rings (SSSR count). The number of nitrogens with zero attached hydrogens (tertiary/aromatic N) is 1. The number of nitrogens with one attached hydrogen (secondary N) is 1. The molecule has 124 valence electrons. The number of carboxylic acid groups (broad SMARTS) is 1. The lowest BCUT2D eigenvalue weighted by Crippen LogP contribution is -2.23. The number of benzene rings is 1. The first kappa shape index (κ1) is 17.0. The molecule has 8 heteroatoms. The van der Waals surface area contributed by atoms with E-state index < -0.39 is 16.0 Å². The molecular formula is C15H18N2O5S. The number of rotatable bonds is 6. The summed E-state index contributed by atoms with van der Waals surface area (Å²) in [5.74, 6) is -0.632. The van der Waals surface area contributed by atoms with Gasteiger partial charge in [-0.25, -0.2) is 17.9 Å². The van der Waals surface area contributed by atoms with E-state index in [4.69, 9.17) is 9.52 Å². The van der Waals surface area contributed by atoms with Crippen molar-refractivity contribution in [3.8, 4) is 0 Å². The predicted molar refractivity (Wildman–Crippen MR) is 85.2 cm³/mol. The van der Waals surface area contributed by atoms with Crippen LogP contribution >= 0.6 is 0 Å². The van der Waals surface area contributed by atoms with Crippen LogP contribution in [0.1, 0.15) is 21.9 Å². The van der Waals surface area contributed by atoms with Gasteiger partial charge in [0.15, 0.2) is 0 Å². The fourth-order valence-electron chi connectivity index (χ4n) is 2.02. The molecule has 0 spiro atoms. The number of aromatic carboxylic acids is 1. The topological polar surface area (TPSA) is 99.9 Å². The van der Waals surface area contributed by atoms with E-state index >= 15 is 0 Å². The maximum atomic E-state index is 12.3. The normalized spacial score (nSPS) is 11.4. The van der Waals surface area contributed by atoms with Gasteiger partial charge in [-0.05, 0) is 31.2 Å². The van der Waals surface area contributed by atoms with Crippen molar-refractivity contribution >= 4 is 21.7 Å². The van der Waals surface area contributed by atoms with Crippen LogP contribution in [-0.2, 0) is 16.6 Å². The standard InChI is InChI=1S/C15H18N2O5S/c1-10-14(15(18)19)8-12(22-10)9-16-23(20,21)13-6-4-5-11(7-13)17(2)3/h4-8,16H,9H2,1-3H3,(H,18,19). The van der Waals surface area contributed by atoms with Gasteiger partial charge in [0.25, 0.3) is 0 Å². The van der Waals surface area contributed by atoms with Gasteiger partial charge in [0.2, 0.25) is 10.0 Å². The number of carboxylic acids is 1. The van der Waals surface area contributed by atoms with Crippen molar-refractivity contribution in [3.05, 3.63) is 47.4 Å². The SMILES string of the molecule is Cc1oc(CNS(=O)(=O)c2cccc(N(C)C)c2)cc1C(=O)O. The second kappa shape index (κ2) is 6.43. The Morgan fingerprint density at radius 3 is 2.57 bits per heavy atom. The monoisotopic (exact) mass is 338 g/mol. The number of furan rings is 1. The Labute approximate surface area is 134 Å². The van der Waals surface area contributed by atoms with E-state index in [1.165, 1.54) is 19.1 Å². The third-order valence-corrected chi connectivity index (χ3v) is 4.68. The summed E-state index contributed by atoms with van der Waals surface area (Å²) >= 11 is 0. The smallest absolute Gasteiger partial charge is 0.339 e. The van der Waals surface area contributed by atoms with E-state index in [1.807, 2.05) is 14.1 Å². The number of sulfonamides is 1. The maximum absolute atomic E-state index is 12.3. The van der Waals surface area contributed by atoms with Crippen LogP contribution < -0.4 is 9.62 Å². The summed E-state index contributed by atoms with van der Waals surface area (Å²) in [7, 11) is -0.0871. The second-order valence-electron chi connectivity index (χ2n) is 5.20. The van der Waals surface area contributed by atoms with Gasteiger partial charge in [-0.15, -0.1) is 0 Å². The van der Waals surface area contributed by atoms with Gasteiger partial charge in [0.1, 0.15) is 17.1 Å². The molecule has 7 nitrogen and oxygen atoms in total. The van der Waals surface area contributed by atoms with Crippen LogP contribution in [0.25, 0.3) is 0 Å². The Bertz CT molecular complexity index is 824. The van der Waals surface area contributed by atoms with E-state index in [0.717, 1.165) is 5.69 Å². The molecule has 0 radical (unpaired) electrons. The Balaban J connectivity index is 2.17. The predicted octanol–water partition coefficient (Wildman–Crippen LogP) is 1.83. The molecule has 0 atom stereocenters.